The van der Waals surface area contributed by atoms with Crippen LogP contribution in [0.5, 0.6) is 0 Å². The molecule has 2 rings (SSSR count). The van der Waals surface area contributed by atoms with Crippen molar-refractivity contribution < 1.29 is 9.63 Å². The third-order valence-electron chi connectivity index (χ3n) is 2.25. The Morgan fingerprint density at radius 3 is 3.31 bits per heavy atom. The second-order valence-electron chi connectivity index (χ2n) is 3.37. The van der Waals surface area contributed by atoms with Gasteiger partial charge in [0.2, 0.25) is 5.89 Å². The second-order valence-corrected chi connectivity index (χ2v) is 3.37. The van der Waals surface area contributed by atoms with Gasteiger partial charge in [-0.3, -0.25) is 4.90 Å². The van der Waals surface area contributed by atoms with Crippen molar-refractivity contribution in [2.45, 2.75) is 25.5 Å². The van der Waals surface area contributed by atoms with Crippen molar-refractivity contribution >= 4 is 0 Å². The van der Waals surface area contributed by atoms with E-state index in [0.717, 1.165) is 19.4 Å². The zero-order chi connectivity index (χ0) is 9.10. The van der Waals surface area contributed by atoms with Crippen LogP contribution in [0.3, 0.4) is 0 Å². The fourth-order valence-corrected chi connectivity index (χ4v) is 1.63. The SMILES string of the molecule is O[C@H]1CCCN(Cc2ncno2)C1. The van der Waals surface area contributed by atoms with Gasteiger partial charge in [-0.2, -0.15) is 4.98 Å². The van der Waals surface area contributed by atoms with Gasteiger partial charge in [-0.05, 0) is 19.4 Å². The summed E-state index contributed by atoms with van der Waals surface area (Å²) < 4.78 is 4.89. The maximum Gasteiger partial charge on any atom is 0.240 e. The monoisotopic (exact) mass is 183 g/mol. The van der Waals surface area contributed by atoms with Gasteiger partial charge in [0.05, 0.1) is 12.6 Å². The highest BCUT2D eigenvalue weighted by Crippen LogP contribution is 2.11. The number of β-amino-alcohol motifs (C(OH)–C–C–N with tert-alkyl or cyclic N) is 1. The smallest absolute Gasteiger partial charge is 0.240 e. The molecule has 1 aromatic heterocycles. The minimum Gasteiger partial charge on any atom is -0.392 e. The molecule has 1 aliphatic heterocycles. The highest BCUT2D eigenvalue weighted by Gasteiger charge is 2.18. The average molecular weight is 183 g/mol. The van der Waals surface area contributed by atoms with E-state index in [1.807, 2.05) is 0 Å². The quantitative estimate of drug-likeness (QED) is 0.700. The van der Waals surface area contributed by atoms with Crippen LogP contribution in [-0.4, -0.2) is 39.3 Å². The van der Waals surface area contributed by atoms with Crippen LogP contribution in [-0.2, 0) is 6.54 Å². The van der Waals surface area contributed by atoms with E-state index in [1.165, 1.54) is 6.33 Å². The van der Waals surface area contributed by atoms with Gasteiger partial charge in [-0.25, -0.2) is 0 Å². The largest absolute Gasteiger partial charge is 0.392 e. The van der Waals surface area contributed by atoms with Gasteiger partial charge in [0.15, 0.2) is 6.33 Å². The molecule has 1 aromatic rings. The number of aliphatic hydroxyl groups is 1. The van der Waals surface area contributed by atoms with Crippen molar-refractivity contribution in [3.8, 4) is 0 Å². The molecule has 0 aromatic carbocycles. The zero-order valence-corrected chi connectivity index (χ0v) is 7.39. The average Bonchev–Trinajstić information content (AvgIpc) is 2.57. The first-order chi connectivity index (χ1) is 6.34. The van der Waals surface area contributed by atoms with E-state index in [0.29, 0.717) is 19.0 Å². The van der Waals surface area contributed by atoms with Crippen molar-refractivity contribution in [3.63, 3.8) is 0 Å². The lowest BCUT2D eigenvalue weighted by atomic mass is 10.1. The van der Waals surface area contributed by atoms with Gasteiger partial charge in [0, 0.05) is 6.54 Å². The number of likely N-dealkylation sites (tertiary alicyclic amines) is 1. The molecule has 0 unspecified atom stereocenters. The third kappa shape index (κ3) is 2.26. The van der Waals surface area contributed by atoms with Crippen molar-refractivity contribution in [3.05, 3.63) is 12.2 Å². The molecule has 72 valence electrons. The summed E-state index contributed by atoms with van der Waals surface area (Å²) in [5.41, 5.74) is 0. The molecule has 5 heteroatoms. The van der Waals surface area contributed by atoms with Crippen LogP contribution in [0.4, 0.5) is 0 Å². The molecule has 0 bridgehead atoms. The fourth-order valence-electron chi connectivity index (χ4n) is 1.63. The summed E-state index contributed by atoms with van der Waals surface area (Å²) in [7, 11) is 0. The van der Waals surface area contributed by atoms with Gasteiger partial charge in [-0.15, -0.1) is 0 Å². The Balaban J connectivity index is 1.87. The normalized spacial score (nSPS) is 24.8. The first-order valence-corrected chi connectivity index (χ1v) is 4.50. The van der Waals surface area contributed by atoms with Gasteiger partial charge < -0.3 is 9.63 Å². The summed E-state index contributed by atoms with van der Waals surface area (Å²) in [5.74, 6) is 0.620. The third-order valence-corrected chi connectivity index (χ3v) is 2.25. The molecule has 5 nitrogen and oxygen atoms in total. The molecular weight excluding hydrogens is 170 g/mol. The maximum atomic E-state index is 9.40. The first kappa shape index (κ1) is 8.65. The lowest BCUT2D eigenvalue weighted by Gasteiger charge is -2.28. The molecule has 1 saturated heterocycles. The first-order valence-electron chi connectivity index (χ1n) is 4.50. The Morgan fingerprint density at radius 1 is 1.69 bits per heavy atom. The van der Waals surface area contributed by atoms with E-state index in [-0.39, 0.29) is 6.10 Å². The molecule has 0 amide bonds. The molecule has 13 heavy (non-hydrogen) atoms. The Bertz CT molecular complexity index is 250. The number of rotatable bonds is 2. The number of hydrogen-bond donors (Lipinski definition) is 1. The van der Waals surface area contributed by atoms with Gasteiger partial charge >= 0.3 is 0 Å². The lowest BCUT2D eigenvalue weighted by Crippen LogP contribution is -2.37. The molecular formula is C8H13N3O2. The molecule has 1 N–H and O–H groups in total. The summed E-state index contributed by atoms with van der Waals surface area (Å²) in [6, 6.07) is 0. The maximum absolute atomic E-state index is 9.40. The molecule has 0 saturated carbocycles. The van der Waals surface area contributed by atoms with Gasteiger partial charge in [0.1, 0.15) is 0 Å². The van der Waals surface area contributed by atoms with Crippen LogP contribution in [0.1, 0.15) is 18.7 Å². The lowest BCUT2D eigenvalue weighted by molar-refractivity contribution is 0.0613. The minimum absolute atomic E-state index is 0.198. The molecule has 1 atom stereocenters. The summed E-state index contributed by atoms with van der Waals surface area (Å²) >= 11 is 0. The Hall–Kier alpha value is -0.940. The number of aliphatic hydroxyl groups excluding tert-OH is 1. The minimum atomic E-state index is -0.198. The van der Waals surface area contributed by atoms with E-state index >= 15 is 0 Å². The molecule has 0 radical (unpaired) electrons. The van der Waals surface area contributed by atoms with E-state index in [9.17, 15) is 5.11 Å². The highest BCUT2D eigenvalue weighted by atomic mass is 16.5. The summed E-state index contributed by atoms with van der Waals surface area (Å²) in [6.07, 6.45) is 3.14. The van der Waals surface area contributed by atoms with Crippen molar-refractivity contribution in [2.75, 3.05) is 13.1 Å². The Kier molecular flexibility index (Phi) is 2.56. The van der Waals surface area contributed by atoms with E-state index in [2.05, 4.69) is 15.0 Å². The van der Waals surface area contributed by atoms with Crippen molar-refractivity contribution in [1.82, 2.24) is 15.0 Å². The van der Waals surface area contributed by atoms with Gasteiger partial charge in [-0.1, -0.05) is 5.16 Å². The second kappa shape index (κ2) is 3.85. The van der Waals surface area contributed by atoms with Gasteiger partial charge in [0.25, 0.3) is 0 Å². The Morgan fingerprint density at radius 2 is 2.62 bits per heavy atom. The molecule has 1 fully saturated rings. The van der Waals surface area contributed by atoms with Crippen LogP contribution < -0.4 is 0 Å². The molecule has 0 aliphatic carbocycles. The highest BCUT2D eigenvalue weighted by molar-refractivity contribution is 4.78. The predicted octanol–water partition coefficient (Wildman–Crippen LogP) is 0.0263. The molecule has 2 heterocycles. The van der Waals surface area contributed by atoms with E-state index in [1.54, 1.807) is 0 Å². The van der Waals surface area contributed by atoms with Crippen molar-refractivity contribution in [1.29, 1.82) is 0 Å². The van der Waals surface area contributed by atoms with Crippen molar-refractivity contribution in [2.24, 2.45) is 0 Å². The number of piperidine rings is 1. The van der Waals surface area contributed by atoms with E-state index < -0.39 is 0 Å². The predicted molar refractivity (Wildman–Crippen MR) is 44.8 cm³/mol. The Labute approximate surface area is 76.4 Å². The van der Waals surface area contributed by atoms with Crippen LogP contribution >= 0.6 is 0 Å². The molecule has 0 spiro atoms. The number of nitrogens with zero attached hydrogens (tertiary/aromatic N) is 3. The van der Waals surface area contributed by atoms with E-state index in [4.69, 9.17) is 4.52 Å². The summed E-state index contributed by atoms with van der Waals surface area (Å²) in [6.45, 7) is 2.36. The number of aromatic nitrogens is 2. The summed E-state index contributed by atoms with van der Waals surface area (Å²) in [4.78, 5) is 6.06. The van der Waals surface area contributed by atoms with Crippen LogP contribution in [0, 0.1) is 0 Å². The standard InChI is InChI=1S/C8H13N3O2/c12-7-2-1-3-11(4-7)5-8-9-6-10-13-8/h6-7,12H,1-5H2/t7-/m0/s1. The van der Waals surface area contributed by atoms with Crippen LogP contribution in [0.25, 0.3) is 0 Å². The zero-order valence-electron chi connectivity index (χ0n) is 7.39. The molecule has 1 aliphatic rings. The van der Waals surface area contributed by atoms with Crippen LogP contribution in [0.15, 0.2) is 10.9 Å². The fraction of sp³-hybridized carbons (Fsp3) is 0.750. The summed E-state index contributed by atoms with van der Waals surface area (Å²) in [5, 5.41) is 12.9. The topological polar surface area (TPSA) is 62.4 Å². The van der Waals surface area contributed by atoms with Crippen LogP contribution in [0.2, 0.25) is 0 Å². The number of hydrogen-bond acceptors (Lipinski definition) is 5.